The first-order valence-electron chi connectivity index (χ1n) is 6.02. The quantitative estimate of drug-likeness (QED) is 0.810. The number of hydrogen-bond donors (Lipinski definition) is 1. The van der Waals surface area contributed by atoms with Crippen LogP contribution in [0.2, 0.25) is 0 Å². The smallest absolute Gasteiger partial charge is 0.241 e. The third-order valence-corrected chi connectivity index (χ3v) is 3.79. The average Bonchev–Trinajstić information content (AvgIpc) is 2.72. The predicted molar refractivity (Wildman–Crippen MR) is 66.9 cm³/mol. The van der Waals surface area contributed by atoms with E-state index in [0.29, 0.717) is 5.92 Å². The highest BCUT2D eigenvalue weighted by atomic mass is 32.2. The van der Waals surface area contributed by atoms with E-state index in [9.17, 15) is 8.42 Å². The average molecular weight is 259 g/mol. The van der Waals surface area contributed by atoms with Crippen LogP contribution < -0.4 is 5.14 Å². The molecule has 0 bridgehead atoms. The van der Waals surface area contributed by atoms with Crippen LogP contribution in [0, 0.1) is 5.92 Å². The standard InChI is InChI=1S/C11H21N3O2S/c1-3-5-6-10(4-2)8-14-9-11(7-13-14)17(12,15)16/h7,9-10H,3-6,8H2,1-2H3,(H2,12,15,16). The maximum atomic E-state index is 11.1. The van der Waals surface area contributed by atoms with Gasteiger partial charge in [-0.05, 0) is 12.3 Å². The number of primary sulfonamides is 1. The summed E-state index contributed by atoms with van der Waals surface area (Å²) in [5, 5.41) is 9.07. The highest BCUT2D eigenvalue weighted by Crippen LogP contribution is 2.15. The molecule has 0 radical (unpaired) electrons. The molecule has 98 valence electrons. The van der Waals surface area contributed by atoms with Crippen LogP contribution in [0.4, 0.5) is 0 Å². The van der Waals surface area contributed by atoms with Crippen LogP contribution in [-0.4, -0.2) is 18.2 Å². The lowest BCUT2D eigenvalue weighted by atomic mass is 10.00. The van der Waals surface area contributed by atoms with Crippen LogP contribution >= 0.6 is 0 Å². The predicted octanol–water partition coefficient (Wildman–Crippen LogP) is 1.75. The van der Waals surface area contributed by atoms with Crippen molar-refractivity contribution < 1.29 is 8.42 Å². The Bertz CT molecular complexity index is 439. The molecule has 1 aromatic heterocycles. The lowest BCUT2D eigenvalue weighted by molar-refractivity contribution is 0.372. The van der Waals surface area contributed by atoms with Crippen LogP contribution in [0.5, 0.6) is 0 Å². The van der Waals surface area contributed by atoms with E-state index in [0.717, 1.165) is 19.4 Å². The minimum atomic E-state index is -3.62. The lowest BCUT2D eigenvalue weighted by Gasteiger charge is -2.13. The number of sulfonamides is 1. The van der Waals surface area contributed by atoms with Crippen LogP contribution in [-0.2, 0) is 16.6 Å². The first-order valence-corrected chi connectivity index (χ1v) is 7.57. The van der Waals surface area contributed by atoms with Crippen LogP contribution in [0.1, 0.15) is 39.5 Å². The molecule has 0 saturated carbocycles. The van der Waals surface area contributed by atoms with Gasteiger partial charge in [-0.15, -0.1) is 0 Å². The Balaban J connectivity index is 2.64. The van der Waals surface area contributed by atoms with Gasteiger partial charge in [-0.2, -0.15) is 5.10 Å². The summed E-state index contributed by atoms with van der Waals surface area (Å²) in [4.78, 5) is 0.0860. The van der Waals surface area contributed by atoms with Gasteiger partial charge in [-0.3, -0.25) is 4.68 Å². The van der Waals surface area contributed by atoms with Crippen LogP contribution in [0.25, 0.3) is 0 Å². The molecule has 0 amide bonds. The Labute approximate surface area is 103 Å². The fourth-order valence-electron chi connectivity index (χ4n) is 1.77. The summed E-state index contributed by atoms with van der Waals surface area (Å²) in [6, 6.07) is 0. The Kier molecular flexibility index (Phi) is 5.14. The SMILES string of the molecule is CCCCC(CC)Cn1cc(S(N)(=O)=O)cn1. The molecule has 0 aliphatic rings. The summed E-state index contributed by atoms with van der Waals surface area (Å²) >= 11 is 0. The molecule has 0 saturated heterocycles. The number of unbranched alkanes of at least 4 members (excludes halogenated alkanes) is 1. The first-order chi connectivity index (χ1) is 7.97. The lowest BCUT2D eigenvalue weighted by Crippen LogP contribution is -2.12. The molecule has 0 aliphatic heterocycles. The van der Waals surface area contributed by atoms with Gasteiger partial charge in [-0.25, -0.2) is 13.6 Å². The van der Waals surface area contributed by atoms with E-state index >= 15 is 0 Å². The zero-order valence-corrected chi connectivity index (χ0v) is 11.3. The molecule has 5 nitrogen and oxygen atoms in total. The number of hydrogen-bond acceptors (Lipinski definition) is 3. The summed E-state index contributed by atoms with van der Waals surface area (Å²) in [5.74, 6) is 0.545. The van der Waals surface area contributed by atoms with Crippen molar-refractivity contribution in [3.05, 3.63) is 12.4 Å². The molecule has 6 heteroatoms. The molecule has 0 fully saturated rings. The third kappa shape index (κ3) is 4.47. The van der Waals surface area contributed by atoms with Crippen molar-refractivity contribution in [2.75, 3.05) is 0 Å². The molecule has 1 heterocycles. The van der Waals surface area contributed by atoms with Crippen molar-refractivity contribution in [3.63, 3.8) is 0 Å². The van der Waals surface area contributed by atoms with Crippen LogP contribution in [0.15, 0.2) is 17.3 Å². The zero-order chi connectivity index (χ0) is 12.9. The Morgan fingerprint density at radius 1 is 1.47 bits per heavy atom. The summed E-state index contributed by atoms with van der Waals surface area (Å²) in [7, 11) is -3.62. The molecular formula is C11H21N3O2S. The van der Waals surface area contributed by atoms with E-state index < -0.39 is 10.0 Å². The monoisotopic (exact) mass is 259 g/mol. The fourth-order valence-corrected chi connectivity index (χ4v) is 2.24. The number of aromatic nitrogens is 2. The topological polar surface area (TPSA) is 78.0 Å². The summed E-state index contributed by atoms with van der Waals surface area (Å²) in [5.41, 5.74) is 0. The molecule has 1 unspecified atom stereocenters. The second-order valence-electron chi connectivity index (χ2n) is 4.36. The van der Waals surface area contributed by atoms with Gasteiger partial charge in [0.25, 0.3) is 0 Å². The van der Waals surface area contributed by atoms with Crippen molar-refractivity contribution in [2.45, 2.75) is 51.0 Å². The van der Waals surface area contributed by atoms with Gasteiger partial charge < -0.3 is 0 Å². The van der Waals surface area contributed by atoms with Crippen molar-refractivity contribution >= 4 is 10.0 Å². The number of nitrogens with two attached hydrogens (primary N) is 1. The number of rotatable bonds is 7. The molecule has 0 spiro atoms. The van der Waals surface area contributed by atoms with Crippen LogP contribution in [0.3, 0.4) is 0 Å². The second-order valence-corrected chi connectivity index (χ2v) is 5.92. The molecule has 17 heavy (non-hydrogen) atoms. The van der Waals surface area contributed by atoms with Crippen molar-refractivity contribution in [1.29, 1.82) is 0 Å². The van der Waals surface area contributed by atoms with Gasteiger partial charge in [-0.1, -0.05) is 33.1 Å². The van der Waals surface area contributed by atoms with Gasteiger partial charge in [0, 0.05) is 12.7 Å². The highest BCUT2D eigenvalue weighted by Gasteiger charge is 2.12. The van der Waals surface area contributed by atoms with E-state index in [1.165, 1.54) is 25.2 Å². The minimum Gasteiger partial charge on any atom is -0.271 e. The molecule has 0 aliphatic carbocycles. The largest absolute Gasteiger partial charge is 0.271 e. The molecule has 1 aromatic rings. The van der Waals surface area contributed by atoms with Gasteiger partial charge in [0.05, 0.1) is 6.20 Å². The van der Waals surface area contributed by atoms with Crippen molar-refractivity contribution in [3.8, 4) is 0 Å². The van der Waals surface area contributed by atoms with E-state index in [1.807, 2.05) is 0 Å². The highest BCUT2D eigenvalue weighted by molar-refractivity contribution is 7.89. The molecular weight excluding hydrogens is 238 g/mol. The maximum Gasteiger partial charge on any atom is 0.241 e. The first kappa shape index (κ1) is 14.2. The van der Waals surface area contributed by atoms with Crippen molar-refractivity contribution in [1.82, 2.24) is 9.78 Å². The van der Waals surface area contributed by atoms with E-state index in [4.69, 9.17) is 5.14 Å². The van der Waals surface area contributed by atoms with Gasteiger partial charge in [0.2, 0.25) is 10.0 Å². The zero-order valence-electron chi connectivity index (χ0n) is 10.5. The molecule has 2 N–H and O–H groups in total. The van der Waals surface area contributed by atoms with Gasteiger partial charge >= 0.3 is 0 Å². The molecule has 1 atom stereocenters. The van der Waals surface area contributed by atoms with E-state index in [1.54, 1.807) is 4.68 Å². The summed E-state index contributed by atoms with van der Waals surface area (Å²) in [6.07, 6.45) is 7.41. The van der Waals surface area contributed by atoms with Crippen molar-refractivity contribution in [2.24, 2.45) is 11.1 Å². The third-order valence-electron chi connectivity index (χ3n) is 2.93. The normalized spacial score (nSPS) is 13.8. The fraction of sp³-hybridized carbons (Fsp3) is 0.727. The van der Waals surface area contributed by atoms with Gasteiger partial charge in [0.15, 0.2) is 0 Å². The Morgan fingerprint density at radius 2 is 2.18 bits per heavy atom. The Hall–Kier alpha value is -0.880. The van der Waals surface area contributed by atoms with E-state index in [2.05, 4.69) is 18.9 Å². The summed E-state index contributed by atoms with van der Waals surface area (Å²) < 4.78 is 23.9. The molecule has 1 rings (SSSR count). The van der Waals surface area contributed by atoms with E-state index in [-0.39, 0.29) is 4.90 Å². The van der Waals surface area contributed by atoms with Gasteiger partial charge in [0.1, 0.15) is 4.90 Å². The number of nitrogens with zero attached hydrogens (tertiary/aromatic N) is 2. The Morgan fingerprint density at radius 3 is 2.65 bits per heavy atom. The summed E-state index contributed by atoms with van der Waals surface area (Å²) in [6.45, 7) is 5.07. The minimum absolute atomic E-state index is 0.0860. The molecule has 0 aromatic carbocycles. The second kappa shape index (κ2) is 6.16. The maximum absolute atomic E-state index is 11.1.